The van der Waals surface area contributed by atoms with Crippen molar-refractivity contribution in [2.75, 3.05) is 12.8 Å². The number of ether oxygens (including phenoxy) is 1. The number of methoxy groups -OCH3 is 1. The molecule has 0 unspecified atom stereocenters. The van der Waals surface area contributed by atoms with Crippen LogP contribution in [-0.2, 0) is 0 Å². The van der Waals surface area contributed by atoms with E-state index in [1.807, 2.05) is 36.4 Å². The van der Waals surface area contributed by atoms with Gasteiger partial charge in [0.15, 0.2) is 0 Å². The molecule has 0 aliphatic carbocycles. The topological polar surface area (TPSA) is 76.9 Å². The number of benzene rings is 2. The van der Waals surface area contributed by atoms with Gasteiger partial charge in [0.05, 0.1) is 23.9 Å². The van der Waals surface area contributed by atoms with E-state index in [0.717, 1.165) is 5.52 Å². The summed E-state index contributed by atoms with van der Waals surface area (Å²) in [6.45, 7) is 0. The predicted molar refractivity (Wildman–Crippen MR) is 76.7 cm³/mol. The molecule has 0 fully saturated rings. The summed E-state index contributed by atoms with van der Waals surface area (Å²) in [6, 6.07) is 15.0. The number of imidazole rings is 1. The highest BCUT2D eigenvalue weighted by Gasteiger charge is 2.15. The van der Waals surface area contributed by atoms with Gasteiger partial charge in [-0.2, -0.15) is 5.26 Å². The molecule has 0 radical (unpaired) electrons. The van der Waals surface area contributed by atoms with Crippen LogP contribution in [0.1, 0.15) is 5.56 Å². The average Bonchev–Trinajstić information content (AvgIpc) is 2.82. The van der Waals surface area contributed by atoms with Crippen molar-refractivity contribution in [1.29, 1.82) is 5.26 Å². The van der Waals surface area contributed by atoms with Gasteiger partial charge in [0.1, 0.15) is 17.3 Å². The van der Waals surface area contributed by atoms with E-state index in [-0.39, 0.29) is 0 Å². The molecular formula is C15H12N4O. The fourth-order valence-electron chi connectivity index (χ4n) is 2.27. The molecule has 0 bridgehead atoms. The van der Waals surface area contributed by atoms with Crippen molar-refractivity contribution in [1.82, 2.24) is 9.55 Å². The lowest BCUT2D eigenvalue weighted by Gasteiger charge is -2.08. The highest BCUT2D eigenvalue weighted by atomic mass is 16.5. The summed E-state index contributed by atoms with van der Waals surface area (Å²) in [7, 11) is 1.59. The Labute approximate surface area is 115 Å². The Balaban J connectivity index is 2.38. The van der Waals surface area contributed by atoms with Crippen molar-refractivity contribution < 1.29 is 4.74 Å². The molecule has 0 amide bonds. The quantitative estimate of drug-likeness (QED) is 0.771. The molecule has 0 saturated carbocycles. The van der Waals surface area contributed by atoms with Crippen molar-refractivity contribution >= 4 is 17.0 Å². The van der Waals surface area contributed by atoms with Gasteiger partial charge in [-0.3, -0.25) is 4.57 Å². The zero-order chi connectivity index (χ0) is 14.1. The van der Waals surface area contributed by atoms with Crippen LogP contribution < -0.4 is 10.5 Å². The van der Waals surface area contributed by atoms with Gasteiger partial charge in [-0.25, -0.2) is 4.98 Å². The molecule has 0 atom stereocenters. The van der Waals surface area contributed by atoms with Crippen LogP contribution in [0.25, 0.3) is 16.7 Å². The number of rotatable bonds is 2. The van der Waals surface area contributed by atoms with Gasteiger partial charge in [0.25, 0.3) is 0 Å². The van der Waals surface area contributed by atoms with E-state index in [4.69, 9.17) is 10.5 Å². The van der Waals surface area contributed by atoms with Crippen molar-refractivity contribution in [3.05, 3.63) is 48.0 Å². The molecule has 0 spiro atoms. The third kappa shape index (κ3) is 1.67. The number of hydrogen-bond acceptors (Lipinski definition) is 4. The molecule has 1 aromatic heterocycles. The van der Waals surface area contributed by atoms with E-state index in [0.29, 0.717) is 28.5 Å². The van der Waals surface area contributed by atoms with E-state index in [2.05, 4.69) is 11.1 Å². The molecule has 5 nitrogen and oxygen atoms in total. The number of para-hydroxylation sites is 2. The summed E-state index contributed by atoms with van der Waals surface area (Å²) in [4.78, 5) is 4.34. The second-order valence-corrected chi connectivity index (χ2v) is 4.26. The van der Waals surface area contributed by atoms with E-state index in [1.54, 1.807) is 17.7 Å². The van der Waals surface area contributed by atoms with Crippen LogP contribution in [-0.4, -0.2) is 16.7 Å². The van der Waals surface area contributed by atoms with Gasteiger partial charge < -0.3 is 10.5 Å². The second kappa shape index (κ2) is 4.59. The molecule has 1 heterocycles. The Bertz CT molecular complexity index is 829. The molecule has 0 saturated heterocycles. The van der Waals surface area contributed by atoms with Crippen molar-refractivity contribution in [2.24, 2.45) is 0 Å². The summed E-state index contributed by atoms with van der Waals surface area (Å²) in [5.41, 5.74) is 8.76. The number of nitrogens with zero attached hydrogens (tertiary/aromatic N) is 3. The Morgan fingerprint density at radius 3 is 2.75 bits per heavy atom. The van der Waals surface area contributed by atoms with Crippen LogP contribution in [0.4, 0.5) is 5.95 Å². The fourth-order valence-corrected chi connectivity index (χ4v) is 2.27. The minimum absolute atomic E-state index is 0.326. The molecule has 2 N–H and O–H groups in total. The molecule has 98 valence electrons. The van der Waals surface area contributed by atoms with E-state index in [1.165, 1.54) is 0 Å². The summed E-state index contributed by atoms with van der Waals surface area (Å²) in [6.07, 6.45) is 0. The third-order valence-electron chi connectivity index (χ3n) is 3.16. The van der Waals surface area contributed by atoms with Crippen LogP contribution >= 0.6 is 0 Å². The number of aromatic nitrogens is 2. The van der Waals surface area contributed by atoms with Gasteiger partial charge in [-0.1, -0.05) is 18.2 Å². The summed E-state index contributed by atoms with van der Waals surface area (Å²) >= 11 is 0. The monoisotopic (exact) mass is 264 g/mol. The van der Waals surface area contributed by atoms with Gasteiger partial charge in [0, 0.05) is 0 Å². The van der Waals surface area contributed by atoms with Gasteiger partial charge in [-0.15, -0.1) is 0 Å². The molecule has 0 aliphatic rings. The minimum Gasteiger partial charge on any atom is -0.494 e. The maximum absolute atomic E-state index is 9.23. The number of anilines is 1. The number of nitrogen functional groups attached to an aromatic ring is 1. The van der Waals surface area contributed by atoms with E-state index in [9.17, 15) is 5.26 Å². The van der Waals surface area contributed by atoms with E-state index < -0.39 is 0 Å². The van der Waals surface area contributed by atoms with Crippen LogP contribution in [0.15, 0.2) is 42.5 Å². The Kier molecular flexibility index (Phi) is 2.77. The molecule has 20 heavy (non-hydrogen) atoms. The van der Waals surface area contributed by atoms with E-state index >= 15 is 0 Å². The molecule has 3 aromatic rings. The zero-order valence-corrected chi connectivity index (χ0v) is 10.9. The van der Waals surface area contributed by atoms with Crippen molar-refractivity contribution in [3.8, 4) is 17.5 Å². The smallest absolute Gasteiger partial charge is 0.206 e. The standard InChI is InChI=1S/C15H12N4O/c1-20-13-8-4-7-12-14(13)18-15(17)19(12)11-6-3-2-5-10(11)9-16/h2-8H,1H3,(H2,17,18). The molecule has 0 aliphatic heterocycles. The number of hydrogen-bond donors (Lipinski definition) is 1. The first-order valence-corrected chi connectivity index (χ1v) is 6.06. The Morgan fingerprint density at radius 1 is 1.20 bits per heavy atom. The molecule has 3 rings (SSSR count). The van der Waals surface area contributed by atoms with Crippen LogP contribution in [0.2, 0.25) is 0 Å². The number of fused-ring (bicyclic) bond motifs is 1. The first kappa shape index (κ1) is 12.1. The Morgan fingerprint density at radius 2 is 2.00 bits per heavy atom. The lowest BCUT2D eigenvalue weighted by Crippen LogP contribution is -2.02. The second-order valence-electron chi connectivity index (χ2n) is 4.26. The van der Waals surface area contributed by atoms with Crippen LogP contribution in [0.5, 0.6) is 5.75 Å². The minimum atomic E-state index is 0.326. The predicted octanol–water partition coefficient (Wildman–Crippen LogP) is 2.49. The average molecular weight is 264 g/mol. The summed E-state index contributed by atoms with van der Waals surface area (Å²) in [5.74, 6) is 0.981. The summed E-state index contributed by atoms with van der Waals surface area (Å²) in [5, 5.41) is 9.23. The summed E-state index contributed by atoms with van der Waals surface area (Å²) < 4.78 is 7.05. The fraction of sp³-hybridized carbons (Fsp3) is 0.0667. The molecule has 2 aromatic carbocycles. The van der Waals surface area contributed by atoms with Crippen LogP contribution in [0.3, 0.4) is 0 Å². The molecule has 5 heteroatoms. The highest BCUT2D eigenvalue weighted by molar-refractivity contribution is 5.86. The lowest BCUT2D eigenvalue weighted by molar-refractivity contribution is 0.419. The van der Waals surface area contributed by atoms with Crippen molar-refractivity contribution in [3.63, 3.8) is 0 Å². The van der Waals surface area contributed by atoms with Crippen molar-refractivity contribution in [2.45, 2.75) is 0 Å². The lowest BCUT2D eigenvalue weighted by atomic mass is 10.2. The first-order valence-electron chi connectivity index (χ1n) is 6.06. The van der Waals surface area contributed by atoms with Gasteiger partial charge in [-0.05, 0) is 24.3 Å². The number of nitrogens with two attached hydrogens (primary N) is 1. The maximum atomic E-state index is 9.23. The van der Waals surface area contributed by atoms with Crippen LogP contribution in [0, 0.1) is 11.3 Å². The SMILES string of the molecule is COc1cccc2c1nc(N)n2-c1ccccc1C#N. The molecular weight excluding hydrogens is 252 g/mol. The number of nitriles is 1. The van der Waals surface area contributed by atoms with Gasteiger partial charge in [0.2, 0.25) is 5.95 Å². The van der Waals surface area contributed by atoms with Gasteiger partial charge >= 0.3 is 0 Å². The zero-order valence-electron chi connectivity index (χ0n) is 10.9. The Hall–Kier alpha value is -3.00. The largest absolute Gasteiger partial charge is 0.494 e. The maximum Gasteiger partial charge on any atom is 0.206 e. The third-order valence-corrected chi connectivity index (χ3v) is 3.16. The highest BCUT2D eigenvalue weighted by Crippen LogP contribution is 2.30. The normalized spacial score (nSPS) is 10.4. The first-order chi connectivity index (χ1) is 9.76.